The number of amides is 1. The smallest absolute Gasteiger partial charge is 0.227 e. The first-order chi connectivity index (χ1) is 14.8. The minimum absolute atomic E-state index is 0.0870. The Morgan fingerprint density at radius 2 is 1.77 bits per heavy atom. The van der Waals surface area contributed by atoms with Crippen molar-refractivity contribution in [2.75, 3.05) is 26.3 Å². The van der Waals surface area contributed by atoms with Gasteiger partial charge in [-0.05, 0) is 35.9 Å². The monoisotopic (exact) mass is 437 g/mol. The maximum atomic E-state index is 12.7. The van der Waals surface area contributed by atoms with Crippen molar-refractivity contribution in [3.63, 3.8) is 0 Å². The molecule has 1 aliphatic rings. The Kier molecular flexibility index (Phi) is 6.17. The summed E-state index contributed by atoms with van der Waals surface area (Å²) in [6.07, 6.45) is 0.373. The van der Waals surface area contributed by atoms with Crippen LogP contribution >= 0.6 is 11.6 Å². The molecule has 3 aromatic rings. The van der Waals surface area contributed by atoms with Crippen LogP contribution in [0.4, 0.5) is 0 Å². The van der Waals surface area contributed by atoms with Crippen molar-refractivity contribution in [1.29, 1.82) is 0 Å². The van der Waals surface area contributed by atoms with E-state index in [1.807, 2.05) is 52.0 Å². The fourth-order valence-electron chi connectivity index (χ4n) is 3.67. The molecule has 0 atom stereocenters. The van der Waals surface area contributed by atoms with Crippen molar-refractivity contribution in [3.8, 4) is 16.9 Å². The van der Waals surface area contributed by atoms with Crippen molar-refractivity contribution in [1.82, 2.24) is 14.7 Å². The van der Waals surface area contributed by atoms with Crippen LogP contribution in [0.2, 0.25) is 5.02 Å². The minimum atomic E-state index is -0.0870. The van der Waals surface area contributed by atoms with Gasteiger partial charge in [0.05, 0.1) is 36.7 Å². The first kappa shape index (κ1) is 21.6. The summed E-state index contributed by atoms with van der Waals surface area (Å²) < 4.78 is 7.32. The highest BCUT2D eigenvalue weighted by atomic mass is 35.5. The highest BCUT2D eigenvalue weighted by Crippen LogP contribution is 2.30. The molecule has 162 valence electrons. The number of carbonyl (C=O) groups is 1. The zero-order chi connectivity index (χ0) is 22.0. The number of hydrogen-bond acceptors (Lipinski definition) is 3. The molecule has 2 aromatic carbocycles. The fourth-order valence-corrected chi connectivity index (χ4v) is 3.79. The van der Waals surface area contributed by atoms with Crippen LogP contribution in [0.25, 0.3) is 16.9 Å². The van der Waals surface area contributed by atoms with E-state index in [1.54, 1.807) is 0 Å². The van der Waals surface area contributed by atoms with Crippen LogP contribution in [-0.2, 0) is 21.4 Å². The predicted octanol–water partition coefficient (Wildman–Crippen LogP) is 4.89. The van der Waals surface area contributed by atoms with E-state index in [9.17, 15) is 4.79 Å². The summed E-state index contributed by atoms with van der Waals surface area (Å²) >= 11 is 6.10. The second kappa shape index (κ2) is 8.85. The quantitative estimate of drug-likeness (QED) is 0.583. The molecule has 0 radical (unpaired) electrons. The Balaban J connectivity index is 1.68. The van der Waals surface area contributed by atoms with Crippen LogP contribution < -0.4 is 0 Å². The molecule has 0 spiro atoms. The van der Waals surface area contributed by atoms with Crippen LogP contribution in [0.1, 0.15) is 32.0 Å². The fraction of sp³-hybridized carbons (Fsp3) is 0.360. The number of hydrogen-bond donors (Lipinski definition) is 0. The van der Waals surface area contributed by atoms with E-state index >= 15 is 0 Å². The third-order valence-electron chi connectivity index (χ3n) is 5.49. The zero-order valence-corrected chi connectivity index (χ0v) is 19.0. The molecular weight excluding hydrogens is 410 g/mol. The van der Waals surface area contributed by atoms with Gasteiger partial charge in [-0.15, -0.1) is 0 Å². The molecule has 5 nitrogen and oxygen atoms in total. The molecule has 1 saturated heterocycles. The summed E-state index contributed by atoms with van der Waals surface area (Å²) in [6.45, 7) is 9.01. The van der Waals surface area contributed by atoms with Crippen molar-refractivity contribution < 1.29 is 9.53 Å². The predicted molar refractivity (Wildman–Crippen MR) is 124 cm³/mol. The maximum Gasteiger partial charge on any atom is 0.227 e. The molecular formula is C25H28ClN3O2. The first-order valence-electron chi connectivity index (χ1n) is 10.6. The number of ether oxygens (including phenoxy) is 1. The molecule has 1 aromatic heterocycles. The van der Waals surface area contributed by atoms with Gasteiger partial charge >= 0.3 is 0 Å². The van der Waals surface area contributed by atoms with Gasteiger partial charge in [0.2, 0.25) is 5.91 Å². The summed E-state index contributed by atoms with van der Waals surface area (Å²) in [7, 11) is 0. The van der Waals surface area contributed by atoms with Gasteiger partial charge in [0.25, 0.3) is 0 Å². The Morgan fingerprint density at radius 1 is 1.06 bits per heavy atom. The lowest BCUT2D eigenvalue weighted by atomic mass is 9.92. The normalized spacial score (nSPS) is 14.6. The van der Waals surface area contributed by atoms with E-state index in [0.29, 0.717) is 37.7 Å². The summed E-state index contributed by atoms with van der Waals surface area (Å²) in [4.78, 5) is 14.6. The van der Waals surface area contributed by atoms with E-state index in [2.05, 4.69) is 32.9 Å². The zero-order valence-electron chi connectivity index (χ0n) is 18.3. The van der Waals surface area contributed by atoms with Crippen LogP contribution in [0.5, 0.6) is 0 Å². The molecule has 0 saturated carbocycles. The van der Waals surface area contributed by atoms with Crippen LogP contribution in [0, 0.1) is 0 Å². The molecule has 31 heavy (non-hydrogen) atoms. The second-order valence-corrected chi connectivity index (χ2v) is 9.36. The Bertz CT molecular complexity index is 1060. The SMILES string of the molecule is CC(C)(C)c1cc(-c2ccc(Cl)cc2)n(-c2cccc(CC(=O)N3CCOCC3)c2)n1. The van der Waals surface area contributed by atoms with E-state index in [0.717, 1.165) is 28.2 Å². The summed E-state index contributed by atoms with van der Waals surface area (Å²) in [6, 6.07) is 18.0. The van der Waals surface area contributed by atoms with Gasteiger partial charge in [-0.3, -0.25) is 4.79 Å². The number of morpholine rings is 1. The lowest BCUT2D eigenvalue weighted by Gasteiger charge is -2.27. The average Bonchev–Trinajstić information content (AvgIpc) is 3.21. The summed E-state index contributed by atoms with van der Waals surface area (Å²) in [5, 5.41) is 5.64. The maximum absolute atomic E-state index is 12.7. The van der Waals surface area contributed by atoms with Crippen molar-refractivity contribution in [2.24, 2.45) is 0 Å². The molecule has 0 N–H and O–H groups in total. The van der Waals surface area contributed by atoms with Gasteiger partial charge < -0.3 is 9.64 Å². The average molecular weight is 438 g/mol. The van der Waals surface area contributed by atoms with Gasteiger partial charge in [0, 0.05) is 29.1 Å². The lowest BCUT2D eigenvalue weighted by molar-refractivity contribution is -0.134. The van der Waals surface area contributed by atoms with E-state index in [-0.39, 0.29) is 11.3 Å². The topological polar surface area (TPSA) is 47.4 Å². The van der Waals surface area contributed by atoms with Crippen molar-refractivity contribution in [3.05, 3.63) is 70.9 Å². The third kappa shape index (κ3) is 5.00. The number of nitrogens with zero attached hydrogens (tertiary/aromatic N) is 3. The second-order valence-electron chi connectivity index (χ2n) is 8.92. The first-order valence-corrected chi connectivity index (χ1v) is 11.0. The Morgan fingerprint density at radius 3 is 2.45 bits per heavy atom. The highest BCUT2D eigenvalue weighted by molar-refractivity contribution is 6.30. The highest BCUT2D eigenvalue weighted by Gasteiger charge is 2.22. The Labute approximate surface area is 188 Å². The molecule has 6 heteroatoms. The van der Waals surface area contributed by atoms with E-state index in [1.165, 1.54) is 0 Å². The van der Waals surface area contributed by atoms with Crippen molar-refractivity contribution >= 4 is 17.5 Å². The van der Waals surface area contributed by atoms with Crippen LogP contribution in [-0.4, -0.2) is 46.9 Å². The number of rotatable bonds is 4. The van der Waals surface area contributed by atoms with Gasteiger partial charge in [0.1, 0.15) is 0 Å². The van der Waals surface area contributed by atoms with Gasteiger partial charge in [0.15, 0.2) is 0 Å². The molecule has 0 bridgehead atoms. The molecule has 1 fully saturated rings. The van der Waals surface area contributed by atoms with Gasteiger partial charge in [-0.25, -0.2) is 4.68 Å². The van der Waals surface area contributed by atoms with Crippen LogP contribution in [0.3, 0.4) is 0 Å². The molecule has 0 unspecified atom stereocenters. The van der Waals surface area contributed by atoms with E-state index in [4.69, 9.17) is 21.4 Å². The Hall–Kier alpha value is -2.63. The van der Waals surface area contributed by atoms with Gasteiger partial charge in [-0.1, -0.05) is 56.6 Å². The number of aromatic nitrogens is 2. The molecule has 2 heterocycles. The number of halogens is 1. The lowest BCUT2D eigenvalue weighted by Crippen LogP contribution is -2.41. The molecule has 0 aliphatic carbocycles. The molecule has 1 amide bonds. The summed E-state index contributed by atoms with van der Waals surface area (Å²) in [5.74, 6) is 0.134. The standard InChI is InChI=1S/C25H28ClN3O2/c1-25(2,3)23-17-22(19-7-9-20(26)10-8-19)29(27-23)21-6-4-5-18(15-21)16-24(30)28-11-13-31-14-12-28/h4-10,15,17H,11-14,16H2,1-3H3. The third-order valence-corrected chi connectivity index (χ3v) is 5.74. The van der Waals surface area contributed by atoms with Gasteiger partial charge in [-0.2, -0.15) is 5.10 Å². The number of carbonyl (C=O) groups excluding carboxylic acids is 1. The molecule has 4 rings (SSSR count). The number of benzene rings is 2. The van der Waals surface area contributed by atoms with Crippen molar-refractivity contribution in [2.45, 2.75) is 32.6 Å². The van der Waals surface area contributed by atoms with E-state index < -0.39 is 0 Å². The minimum Gasteiger partial charge on any atom is -0.378 e. The summed E-state index contributed by atoms with van der Waals surface area (Å²) in [5.41, 5.74) is 4.88. The van der Waals surface area contributed by atoms with Crippen LogP contribution in [0.15, 0.2) is 54.6 Å². The largest absolute Gasteiger partial charge is 0.378 e. The molecule has 1 aliphatic heterocycles.